The average Bonchev–Trinajstić information content (AvgIpc) is 4.36. The van der Waals surface area contributed by atoms with Crippen molar-refractivity contribution in [3.05, 3.63) is 212 Å². The minimum atomic E-state index is -1.37. The van der Waals surface area contributed by atoms with E-state index >= 15 is 4.79 Å². The smallest absolute Gasteiger partial charge is 0.407 e. The maximum Gasteiger partial charge on any atom is 0.407 e. The number of amides is 4. The Morgan fingerprint density at radius 2 is 1.03 bits per heavy atom. The summed E-state index contributed by atoms with van der Waals surface area (Å²) in [5.41, 5.74) is 5.59. The molecular weight excluding hydrogens is 1020 g/mol. The van der Waals surface area contributed by atoms with E-state index < -0.39 is 71.6 Å². The number of carbonyl (C=O) groups excluding carboxylic acids is 5. The molecule has 0 aliphatic heterocycles. The highest BCUT2D eigenvalue weighted by molar-refractivity contribution is 7.10. The molecule has 5 aromatic carbocycles. The normalized spacial score (nSPS) is 14.1. The lowest BCUT2D eigenvalue weighted by molar-refractivity contribution is -0.138. The van der Waals surface area contributed by atoms with Crippen LogP contribution in [0.3, 0.4) is 0 Å². The molecule has 0 spiro atoms. The van der Waals surface area contributed by atoms with Crippen molar-refractivity contribution in [2.24, 2.45) is 17.8 Å². The molecule has 2 heterocycles. The molecule has 16 heteroatoms. The maximum absolute atomic E-state index is 15.3. The van der Waals surface area contributed by atoms with Crippen LogP contribution in [0.15, 0.2) is 163 Å². The first kappa shape index (κ1) is 56.4. The number of aromatic nitrogens is 2. The van der Waals surface area contributed by atoms with Gasteiger partial charge in [0.05, 0.1) is 18.2 Å². The lowest BCUT2D eigenvalue weighted by Crippen LogP contribution is -2.60. The summed E-state index contributed by atoms with van der Waals surface area (Å²) in [4.78, 5) is 79.8. The largest absolute Gasteiger partial charge is 0.457 e. The highest BCUT2D eigenvalue weighted by Gasteiger charge is 2.44. The van der Waals surface area contributed by atoms with Crippen molar-refractivity contribution in [1.29, 1.82) is 0 Å². The zero-order chi connectivity index (χ0) is 55.5. The summed E-state index contributed by atoms with van der Waals surface area (Å²) >= 11 is 2.45. The van der Waals surface area contributed by atoms with Gasteiger partial charge in [-0.25, -0.2) is 19.6 Å². The van der Waals surface area contributed by atoms with Gasteiger partial charge >= 0.3 is 12.1 Å². The molecule has 4 N–H and O–H groups in total. The van der Waals surface area contributed by atoms with Gasteiger partial charge in [-0.15, -0.1) is 22.7 Å². The van der Waals surface area contributed by atoms with E-state index in [0.29, 0.717) is 10.0 Å². The highest BCUT2D eigenvalue weighted by Crippen LogP contribution is 2.45. The van der Waals surface area contributed by atoms with Crippen molar-refractivity contribution in [1.82, 2.24) is 31.2 Å². The van der Waals surface area contributed by atoms with Crippen LogP contribution in [-0.2, 0) is 29.4 Å². The zero-order valence-electron chi connectivity index (χ0n) is 44.8. The van der Waals surface area contributed by atoms with E-state index in [1.807, 2.05) is 155 Å². The van der Waals surface area contributed by atoms with Crippen LogP contribution in [0.1, 0.15) is 125 Å². The third kappa shape index (κ3) is 12.6. The summed E-state index contributed by atoms with van der Waals surface area (Å²) in [6.45, 7) is 16.7. The number of fused-ring (bicyclic) bond motifs is 3. The van der Waals surface area contributed by atoms with E-state index in [0.717, 1.165) is 38.9 Å². The van der Waals surface area contributed by atoms with Gasteiger partial charge in [-0.1, -0.05) is 194 Å². The number of ether oxygens (including phenoxy) is 3. The molecule has 7 aromatic rings. The van der Waals surface area contributed by atoms with Gasteiger partial charge in [0.25, 0.3) is 5.91 Å². The Morgan fingerprint density at radius 3 is 1.53 bits per heavy atom. The van der Waals surface area contributed by atoms with E-state index in [1.54, 1.807) is 31.5 Å². The number of esters is 1. The van der Waals surface area contributed by atoms with Gasteiger partial charge in [0, 0.05) is 16.7 Å². The van der Waals surface area contributed by atoms with Crippen molar-refractivity contribution in [3.63, 3.8) is 0 Å². The van der Waals surface area contributed by atoms with Crippen molar-refractivity contribution in [2.45, 2.75) is 90.3 Å². The molecule has 0 bridgehead atoms. The first-order chi connectivity index (χ1) is 37.6. The Balaban J connectivity index is 1.08. The summed E-state index contributed by atoms with van der Waals surface area (Å²) in [5.74, 6) is -3.29. The van der Waals surface area contributed by atoms with Crippen LogP contribution in [0.5, 0.6) is 0 Å². The summed E-state index contributed by atoms with van der Waals surface area (Å²) in [7, 11) is 0. The predicted molar refractivity (Wildman–Crippen MR) is 304 cm³/mol. The molecule has 0 saturated carbocycles. The van der Waals surface area contributed by atoms with E-state index in [9.17, 15) is 19.2 Å². The standard InChI is InChI=1S/C62H66N6O8S2/c1-9-33-74-60(72)50-36-78-59(64-50)52(38(4)5)65-55(69)49-35-77-58(63-49)53(39(6)7)66-57(71)54(40(8)76-62(41-23-13-10-14-24-41,42-25-15-11-16-26-42)43-27-17-12-18-28-43)67-56(70)51(37(2)3)68-61(73)75-34-48-46-31-21-19-29-44(46)45-30-20-22-32-47(45)48/h9-32,35-40,48,51-54H,1,33-34H2,2-8H3,(H,65,69)(H,66,71)(H,67,70)(H,68,73)/t40-,51+,52+,53+,54+/m1/s1. The fourth-order valence-corrected chi connectivity index (χ4v) is 11.8. The van der Waals surface area contributed by atoms with Crippen LogP contribution in [0.2, 0.25) is 0 Å². The van der Waals surface area contributed by atoms with E-state index in [1.165, 1.54) is 28.7 Å². The highest BCUT2D eigenvalue weighted by atomic mass is 32.1. The molecule has 1 aliphatic carbocycles. The first-order valence-corrected chi connectivity index (χ1v) is 27.9. The lowest BCUT2D eigenvalue weighted by atomic mass is 9.79. The van der Waals surface area contributed by atoms with Crippen LogP contribution in [0.25, 0.3) is 11.1 Å². The van der Waals surface area contributed by atoms with Gasteiger partial charge in [0.1, 0.15) is 46.6 Å². The average molecular weight is 1090 g/mol. The Hall–Kier alpha value is -7.79. The summed E-state index contributed by atoms with van der Waals surface area (Å²) in [5, 5.41) is 16.3. The van der Waals surface area contributed by atoms with Gasteiger partial charge in [-0.05, 0) is 63.6 Å². The molecule has 4 amide bonds. The molecule has 0 radical (unpaired) electrons. The zero-order valence-corrected chi connectivity index (χ0v) is 46.4. The summed E-state index contributed by atoms with van der Waals surface area (Å²) in [6, 6.07) is 41.4. The van der Waals surface area contributed by atoms with Gasteiger partial charge in [-0.2, -0.15) is 0 Å². The Morgan fingerprint density at radius 1 is 0.564 bits per heavy atom. The molecule has 0 unspecified atom stereocenters. The number of alkyl carbamates (subject to hydrolysis) is 1. The number of hydrogen-bond donors (Lipinski definition) is 4. The predicted octanol–water partition coefficient (Wildman–Crippen LogP) is 11.3. The van der Waals surface area contributed by atoms with Gasteiger partial charge in [0.15, 0.2) is 5.69 Å². The fourth-order valence-electron chi connectivity index (χ4n) is 9.76. The maximum atomic E-state index is 15.3. The second-order valence-electron chi connectivity index (χ2n) is 20.2. The van der Waals surface area contributed by atoms with Crippen LogP contribution < -0.4 is 21.3 Å². The van der Waals surface area contributed by atoms with Crippen LogP contribution in [-0.4, -0.2) is 71.2 Å². The molecular formula is C62H66N6O8S2. The lowest BCUT2D eigenvalue weighted by Gasteiger charge is -2.40. The third-order valence-corrected chi connectivity index (χ3v) is 15.6. The molecule has 2 aromatic heterocycles. The number of nitrogens with zero attached hydrogens (tertiary/aromatic N) is 2. The monoisotopic (exact) mass is 1090 g/mol. The van der Waals surface area contributed by atoms with Crippen molar-refractivity contribution in [2.75, 3.05) is 13.2 Å². The summed E-state index contributed by atoms with van der Waals surface area (Å²) in [6.07, 6.45) is -0.360. The molecule has 404 valence electrons. The van der Waals surface area contributed by atoms with Gasteiger partial charge in [0.2, 0.25) is 11.8 Å². The number of thiazole rings is 2. The molecule has 8 rings (SSSR count). The minimum Gasteiger partial charge on any atom is -0.457 e. The van der Waals surface area contributed by atoms with E-state index in [2.05, 4.69) is 45.0 Å². The van der Waals surface area contributed by atoms with Crippen molar-refractivity contribution < 1.29 is 38.2 Å². The number of benzene rings is 5. The second-order valence-corrected chi connectivity index (χ2v) is 22.0. The SMILES string of the molecule is C=CCOC(=O)c1csc([C@@H](NC(=O)c2csc([C@@H](NC(=O)[C@@H](NC(=O)[C@@H](NC(=O)OCC3c4ccccc4-c4ccccc43)C(C)C)[C@@H](C)OC(c3ccccc3)(c3ccccc3)c3ccccc3)C(C)C)n2)C(C)C)n1. The molecule has 0 fully saturated rings. The second kappa shape index (κ2) is 25.6. The van der Waals surface area contributed by atoms with Gasteiger partial charge < -0.3 is 35.5 Å². The minimum absolute atomic E-state index is 0.0408. The van der Waals surface area contributed by atoms with Crippen LogP contribution >= 0.6 is 22.7 Å². The quantitative estimate of drug-likeness (QED) is 0.0273. The van der Waals surface area contributed by atoms with E-state index in [4.69, 9.17) is 19.2 Å². The molecule has 78 heavy (non-hydrogen) atoms. The molecule has 14 nitrogen and oxygen atoms in total. The van der Waals surface area contributed by atoms with Gasteiger partial charge in [-0.3, -0.25) is 14.4 Å². The Kier molecular flexibility index (Phi) is 18.5. The number of nitrogens with one attached hydrogen (secondary N) is 4. The fraction of sp³-hybridized carbons (Fsp3) is 0.306. The number of hydrogen-bond acceptors (Lipinski definition) is 12. The van der Waals surface area contributed by atoms with Crippen LogP contribution in [0, 0.1) is 17.8 Å². The van der Waals surface area contributed by atoms with E-state index in [-0.39, 0.29) is 42.4 Å². The molecule has 5 atom stereocenters. The van der Waals surface area contributed by atoms with Crippen LogP contribution in [0.4, 0.5) is 4.79 Å². The van der Waals surface area contributed by atoms with Crippen molar-refractivity contribution >= 4 is 52.5 Å². The number of rotatable bonds is 23. The third-order valence-electron chi connectivity index (χ3n) is 13.8. The first-order valence-electron chi connectivity index (χ1n) is 26.2. The van der Waals surface area contributed by atoms with Crippen molar-refractivity contribution in [3.8, 4) is 11.1 Å². The Labute approximate surface area is 464 Å². The Bertz CT molecular complexity index is 3060. The number of carbonyl (C=O) groups is 5. The molecule has 0 saturated heterocycles. The molecule has 1 aliphatic rings. The topological polar surface area (TPSA) is 187 Å². The summed E-state index contributed by atoms with van der Waals surface area (Å²) < 4.78 is 18.5.